The van der Waals surface area contributed by atoms with E-state index in [1.54, 1.807) is 0 Å². The second-order valence-electron chi connectivity index (χ2n) is 6.80. The maximum atomic E-state index is 12.0. The van der Waals surface area contributed by atoms with E-state index in [1.807, 2.05) is 13.0 Å². The summed E-state index contributed by atoms with van der Waals surface area (Å²) >= 11 is 0. The number of fused-ring (bicyclic) bond motifs is 1. The molecule has 1 saturated carbocycles. The minimum absolute atomic E-state index is 0.00331. The van der Waals surface area contributed by atoms with Crippen LogP contribution in [0.25, 0.3) is 0 Å². The van der Waals surface area contributed by atoms with Crippen LogP contribution in [0.15, 0.2) is 18.2 Å². The normalized spacial score (nSPS) is 20.1. The predicted molar refractivity (Wildman–Crippen MR) is 88.9 cm³/mol. The Bertz CT molecular complexity index is 565. The van der Waals surface area contributed by atoms with Crippen molar-refractivity contribution in [3.8, 4) is 11.5 Å². The molecule has 126 valence electrons. The number of hydrogen-bond donors (Lipinski definition) is 2. The summed E-state index contributed by atoms with van der Waals surface area (Å²) in [5.74, 6) is 1.67. The molecule has 1 unspecified atom stereocenters. The molecule has 0 spiro atoms. The van der Waals surface area contributed by atoms with Crippen LogP contribution in [0.5, 0.6) is 11.5 Å². The molecule has 0 saturated heterocycles. The van der Waals surface area contributed by atoms with E-state index in [0.717, 1.165) is 24.3 Å². The van der Waals surface area contributed by atoms with E-state index in [4.69, 9.17) is 15.2 Å². The van der Waals surface area contributed by atoms with Gasteiger partial charge in [-0.25, -0.2) is 0 Å². The summed E-state index contributed by atoms with van der Waals surface area (Å²) in [7, 11) is 0. The number of nitrogens with one attached hydrogen (secondary N) is 1. The van der Waals surface area contributed by atoms with Gasteiger partial charge in [0, 0.05) is 24.4 Å². The van der Waals surface area contributed by atoms with Crippen LogP contribution in [0.3, 0.4) is 0 Å². The Kier molecular flexibility index (Phi) is 4.76. The number of rotatable bonds is 5. The van der Waals surface area contributed by atoms with Crippen LogP contribution in [0.2, 0.25) is 0 Å². The lowest BCUT2D eigenvalue weighted by molar-refractivity contribution is -0.121. The first-order valence-corrected chi connectivity index (χ1v) is 8.51. The van der Waals surface area contributed by atoms with Crippen molar-refractivity contribution in [3.63, 3.8) is 0 Å². The summed E-state index contributed by atoms with van der Waals surface area (Å²) in [4.78, 5) is 12.0. The zero-order chi connectivity index (χ0) is 16.3. The summed E-state index contributed by atoms with van der Waals surface area (Å²) in [6.45, 7) is 3.71. The molecule has 3 N–H and O–H groups in total. The second-order valence-corrected chi connectivity index (χ2v) is 6.80. The van der Waals surface area contributed by atoms with Crippen molar-refractivity contribution in [2.45, 2.75) is 50.5 Å². The third-order valence-corrected chi connectivity index (χ3v) is 4.85. The fourth-order valence-electron chi connectivity index (χ4n) is 3.62. The summed E-state index contributed by atoms with van der Waals surface area (Å²) in [5.41, 5.74) is 6.95. The highest BCUT2D eigenvalue weighted by Gasteiger charge is 2.36. The number of ether oxygens (including phenoxy) is 2. The molecule has 0 bridgehead atoms. The van der Waals surface area contributed by atoms with Gasteiger partial charge in [0.15, 0.2) is 11.5 Å². The third-order valence-electron chi connectivity index (χ3n) is 4.85. The number of carbonyl (C=O) groups excluding carboxylic acids is 1. The Balaban J connectivity index is 1.76. The number of amides is 1. The number of benzene rings is 1. The quantitative estimate of drug-likeness (QED) is 0.872. The Labute approximate surface area is 137 Å². The highest BCUT2D eigenvalue weighted by molar-refractivity contribution is 5.76. The molecule has 5 nitrogen and oxygen atoms in total. The minimum atomic E-state index is -0.108. The second kappa shape index (κ2) is 6.79. The molecule has 0 radical (unpaired) electrons. The van der Waals surface area contributed by atoms with Crippen LogP contribution in [-0.4, -0.2) is 31.7 Å². The van der Waals surface area contributed by atoms with Crippen molar-refractivity contribution in [2.24, 2.45) is 5.73 Å². The Morgan fingerprint density at radius 2 is 1.96 bits per heavy atom. The standard InChI is InChI=1S/C18H26N2O3/c1-13(19)10-17(21)20-12-18(6-2-3-7-18)14-4-5-15-16(11-14)23-9-8-22-15/h4-5,11,13H,2-3,6-10,12,19H2,1H3,(H,20,21). The zero-order valence-corrected chi connectivity index (χ0v) is 13.8. The molecule has 5 heteroatoms. The van der Waals surface area contributed by atoms with Gasteiger partial charge in [-0.15, -0.1) is 0 Å². The van der Waals surface area contributed by atoms with Gasteiger partial charge >= 0.3 is 0 Å². The average molecular weight is 318 g/mol. The molecule has 1 atom stereocenters. The van der Waals surface area contributed by atoms with E-state index in [1.165, 1.54) is 18.4 Å². The maximum absolute atomic E-state index is 12.0. The molecule has 1 aromatic carbocycles. The van der Waals surface area contributed by atoms with Gasteiger partial charge in [0.25, 0.3) is 0 Å². The van der Waals surface area contributed by atoms with Crippen molar-refractivity contribution in [1.82, 2.24) is 5.32 Å². The van der Waals surface area contributed by atoms with Crippen LogP contribution >= 0.6 is 0 Å². The fraction of sp³-hybridized carbons (Fsp3) is 0.611. The van der Waals surface area contributed by atoms with Gasteiger partial charge in [0.2, 0.25) is 5.91 Å². The molecule has 0 aromatic heterocycles. The van der Waals surface area contributed by atoms with E-state index in [2.05, 4.69) is 17.4 Å². The summed E-state index contributed by atoms with van der Waals surface area (Å²) in [6, 6.07) is 6.10. The van der Waals surface area contributed by atoms with E-state index >= 15 is 0 Å². The van der Waals surface area contributed by atoms with Crippen LogP contribution in [0.1, 0.15) is 44.6 Å². The van der Waals surface area contributed by atoms with Crippen molar-refractivity contribution >= 4 is 5.91 Å². The maximum Gasteiger partial charge on any atom is 0.221 e. The lowest BCUT2D eigenvalue weighted by Gasteiger charge is -2.31. The molecule has 1 amide bonds. The predicted octanol–water partition coefficient (Wildman–Crippen LogP) is 2.12. The molecule has 1 fully saturated rings. The molecule has 1 aliphatic heterocycles. The number of hydrogen-bond acceptors (Lipinski definition) is 4. The highest BCUT2D eigenvalue weighted by atomic mass is 16.6. The van der Waals surface area contributed by atoms with Gasteiger partial charge in [-0.2, -0.15) is 0 Å². The molecule has 1 heterocycles. The van der Waals surface area contributed by atoms with E-state index in [-0.39, 0.29) is 17.4 Å². The number of carbonyl (C=O) groups is 1. The lowest BCUT2D eigenvalue weighted by atomic mass is 9.78. The molecular weight excluding hydrogens is 292 g/mol. The fourth-order valence-corrected chi connectivity index (χ4v) is 3.62. The summed E-state index contributed by atoms with van der Waals surface area (Å²) in [6.07, 6.45) is 4.93. The molecule has 23 heavy (non-hydrogen) atoms. The van der Waals surface area contributed by atoms with Crippen LogP contribution < -0.4 is 20.5 Å². The van der Waals surface area contributed by atoms with Crippen molar-refractivity contribution < 1.29 is 14.3 Å². The third kappa shape index (κ3) is 3.61. The highest BCUT2D eigenvalue weighted by Crippen LogP contribution is 2.43. The molecular formula is C18H26N2O3. The molecule has 1 aromatic rings. The Hall–Kier alpha value is -1.75. The molecule has 1 aliphatic carbocycles. The summed E-state index contributed by atoms with van der Waals surface area (Å²) in [5, 5.41) is 3.08. The van der Waals surface area contributed by atoms with Gasteiger partial charge in [0.1, 0.15) is 13.2 Å². The summed E-state index contributed by atoms with van der Waals surface area (Å²) < 4.78 is 11.3. The van der Waals surface area contributed by atoms with Crippen molar-refractivity contribution in [2.75, 3.05) is 19.8 Å². The van der Waals surface area contributed by atoms with Crippen LogP contribution in [0, 0.1) is 0 Å². The first-order valence-electron chi connectivity index (χ1n) is 8.51. The van der Waals surface area contributed by atoms with Crippen LogP contribution in [0.4, 0.5) is 0 Å². The number of nitrogens with two attached hydrogens (primary N) is 1. The average Bonchev–Trinajstić information content (AvgIpc) is 3.02. The van der Waals surface area contributed by atoms with Gasteiger partial charge in [-0.1, -0.05) is 18.9 Å². The zero-order valence-electron chi connectivity index (χ0n) is 13.8. The van der Waals surface area contributed by atoms with Gasteiger partial charge in [-0.3, -0.25) is 4.79 Å². The monoisotopic (exact) mass is 318 g/mol. The largest absolute Gasteiger partial charge is 0.486 e. The molecule has 2 aliphatic rings. The lowest BCUT2D eigenvalue weighted by Crippen LogP contribution is -2.40. The van der Waals surface area contributed by atoms with E-state index in [9.17, 15) is 4.79 Å². The Morgan fingerprint density at radius 1 is 1.26 bits per heavy atom. The van der Waals surface area contributed by atoms with E-state index in [0.29, 0.717) is 26.2 Å². The first-order chi connectivity index (χ1) is 11.1. The van der Waals surface area contributed by atoms with Crippen molar-refractivity contribution in [3.05, 3.63) is 23.8 Å². The SMILES string of the molecule is CC(N)CC(=O)NCC1(c2ccc3c(c2)OCCO3)CCCC1. The smallest absolute Gasteiger partial charge is 0.221 e. The van der Waals surface area contributed by atoms with Gasteiger partial charge in [0.05, 0.1) is 0 Å². The minimum Gasteiger partial charge on any atom is -0.486 e. The van der Waals surface area contributed by atoms with Crippen LogP contribution in [-0.2, 0) is 10.2 Å². The first kappa shape index (κ1) is 16.1. The molecule has 3 rings (SSSR count). The van der Waals surface area contributed by atoms with Gasteiger partial charge in [-0.05, 0) is 37.5 Å². The topological polar surface area (TPSA) is 73.6 Å². The Morgan fingerprint density at radius 3 is 2.65 bits per heavy atom. The van der Waals surface area contributed by atoms with Gasteiger partial charge < -0.3 is 20.5 Å². The van der Waals surface area contributed by atoms with E-state index < -0.39 is 0 Å². The van der Waals surface area contributed by atoms with Crippen molar-refractivity contribution in [1.29, 1.82) is 0 Å².